The third-order valence-corrected chi connectivity index (χ3v) is 4.05. The first kappa shape index (κ1) is 18.0. The highest BCUT2D eigenvalue weighted by atomic mass is 16.5. The predicted molar refractivity (Wildman–Crippen MR) is 89.2 cm³/mol. The SMILES string of the molecule is C[C@H](OC(=O)Cc1ccccc1)C(=O)NC(=O)NC1CCCCC1. The van der Waals surface area contributed by atoms with Crippen LogP contribution in [0.2, 0.25) is 0 Å². The Hall–Kier alpha value is -2.37. The number of ether oxygens (including phenoxy) is 1. The second-order valence-electron chi connectivity index (χ2n) is 6.09. The van der Waals surface area contributed by atoms with E-state index in [-0.39, 0.29) is 12.5 Å². The summed E-state index contributed by atoms with van der Waals surface area (Å²) in [5.74, 6) is -1.12. The average Bonchev–Trinajstić information content (AvgIpc) is 2.56. The molecule has 1 aromatic rings. The third kappa shape index (κ3) is 6.02. The van der Waals surface area contributed by atoms with Crippen molar-refractivity contribution in [3.05, 3.63) is 35.9 Å². The number of imide groups is 1. The highest BCUT2D eigenvalue weighted by Crippen LogP contribution is 2.17. The lowest BCUT2D eigenvalue weighted by Gasteiger charge is -2.23. The van der Waals surface area contributed by atoms with Crippen LogP contribution in [0.5, 0.6) is 0 Å². The molecule has 1 atom stereocenters. The predicted octanol–water partition coefficient (Wildman–Crippen LogP) is 2.32. The third-order valence-electron chi connectivity index (χ3n) is 4.05. The number of amides is 3. The minimum Gasteiger partial charge on any atom is -0.452 e. The van der Waals surface area contributed by atoms with Crippen molar-refractivity contribution in [2.75, 3.05) is 0 Å². The molecule has 1 fully saturated rings. The number of carbonyl (C=O) groups excluding carboxylic acids is 3. The van der Waals surface area contributed by atoms with E-state index in [0.29, 0.717) is 0 Å². The fraction of sp³-hybridized carbons (Fsp3) is 0.500. The van der Waals surface area contributed by atoms with E-state index in [9.17, 15) is 14.4 Å². The van der Waals surface area contributed by atoms with Crippen molar-refractivity contribution < 1.29 is 19.1 Å². The van der Waals surface area contributed by atoms with Gasteiger partial charge in [-0.25, -0.2) is 4.79 Å². The van der Waals surface area contributed by atoms with Gasteiger partial charge in [-0.2, -0.15) is 0 Å². The lowest BCUT2D eigenvalue weighted by molar-refractivity contribution is -0.153. The first-order chi connectivity index (χ1) is 11.5. The van der Waals surface area contributed by atoms with Gasteiger partial charge in [-0.15, -0.1) is 0 Å². The van der Waals surface area contributed by atoms with Crippen molar-refractivity contribution in [1.82, 2.24) is 10.6 Å². The van der Waals surface area contributed by atoms with Gasteiger partial charge in [0.2, 0.25) is 0 Å². The van der Waals surface area contributed by atoms with Crippen molar-refractivity contribution in [3.8, 4) is 0 Å². The zero-order valence-corrected chi connectivity index (χ0v) is 13.9. The molecule has 1 aliphatic rings. The Labute approximate surface area is 142 Å². The minimum atomic E-state index is -1.02. The number of esters is 1. The summed E-state index contributed by atoms with van der Waals surface area (Å²) in [6.45, 7) is 1.45. The first-order valence-electron chi connectivity index (χ1n) is 8.39. The molecule has 6 nitrogen and oxygen atoms in total. The zero-order valence-electron chi connectivity index (χ0n) is 13.9. The fourth-order valence-electron chi connectivity index (χ4n) is 2.74. The van der Waals surface area contributed by atoms with Crippen molar-refractivity contribution >= 4 is 17.9 Å². The van der Waals surface area contributed by atoms with E-state index in [1.165, 1.54) is 13.3 Å². The Bertz CT molecular complexity index is 568. The Balaban J connectivity index is 1.72. The Kier molecular flexibility index (Phi) is 6.78. The summed E-state index contributed by atoms with van der Waals surface area (Å²) < 4.78 is 5.08. The van der Waals surface area contributed by atoms with Crippen LogP contribution in [0.1, 0.15) is 44.6 Å². The van der Waals surface area contributed by atoms with Crippen LogP contribution in [0.3, 0.4) is 0 Å². The highest BCUT2D eigenvalue weighted by molar-refractivity contribution is 5.97. The number of nitrogens with one attached hydrogen (secondary N) is 2. The number of hydrogen-bond acceptors (Lipinski definition) is 4. The molecular weight excluding hydrogens is 308 g/mol. The summed E-state index contributed by atoms with van der Waals surface area (Å²) in [5, 5.41) is 5.02. The van der Waals surface area contributed by atoms with Crippen molar-refractivity contribution in [1.29, 1.82) is 0 Å². The standard InChI is InChI=1S/C18H24N2O4/c1-13(24-16(21)12-14-8-4-2-5-9-14)17(22)20-18(23)19-15-10-6-3-7-11-15/h2,4-5,8-9,13,15H,3,6-7,10-12H2,1H3,(H2,19,20,22,23)/t13-/m0/s1. The molecule has 0 aromatic heterocycles. The summed E-state index contributed by atoms with van der Waals surface area (Å²) >= 11 is 0. The van der Waals surface area contributed by atoms with Gasteiger partial charge in [-0.3, -0.25) is 14.9 Å². The average molecular weight is 332 g/mol. The maximum atomic E-state index is 11.9. The Morgan fingerprint density at radius 2 is 1.79 bits per heavy atom. The van der Waals surface area contributed by atoms with Gasteiger partial charge in [0.05, 0.1) is 6.42 Å². The van der Waals surface area contributed by atoms with Crippen LogP contribution in [0.25, 0.3) is 0 Å². The van der Waals surface area contributed by atoms with Crippen molar-refractivity contribution in [2.24, 2.45) is 0 Å². The smallest absolute Gasteiger partial charge is 0.321 e. The van der Waals surface area contributed by atoms with Gasteiger partial charge >= 0.3 is 12.0 Å². The van der Waals surface area contributed by atoms with Crippen LogP contribution < -0.4 is 10.6 Å². The quantitative estimate of drug-likeness (QED) is 0.811. The van der Waals surface area contributed by atoms with Crippen LogP contribution in [-0.4, -0.2) is 30.1 Å². The second kappa shape index (κ2) is 9.05. The molecule has 0 radical (unpaired) electrons. The molecule has 24 heavy (non-hydrogen) atoms. The van der Waals surface area contributed by atoms with Gasteiger partial charge in [0.25, 0.3) is 5.91 Å². The summed E-state index contributed by atoms with van der Waals surface area (Å²) in [6, 6.07) is 8.71. The molecule has 2 N–H and O–H groups in total. The van der Waals surface area contributed by atoms with Gasteiger partial charge in [-0.1, -0.05) is 49.6 Å². The highest BCUT2D eigenvalue weighted by Gasteiger charge is 2.22. The number of rotatable bonds is 5. The number of benzene rings is 1. The lowest BCUT2D eigenvalue weighted by atomic mass is 9.96. The Morgan fingerprint density at radius 3 is 2.46 bits per heavy atom. The summed E-state index contributed by atoms with van der Waals surface area (Å²) in [6.07, 6.45) is 4.31. The van der Waals surface area contributed by atoms with Gasteiger partial charge < -0.3 is 10.1 Å². The van der Waals surface area contributed by atoms with Crippen LogP contribution >= 0.6 is 0 Å². The molecule has 2 rings (SSSR count). The number of hydrogen-bond donors (Lipinski definition) is 2. The van der Waals surface area contributed by atoms with Gasteiger partial charge in [0.1, 0.15) is 0 Å². The second-order valence-corrected chi connectivity index (χ2v) is 6.09. The number of urea groups is 1. The molecule has 6 heteroatoms. The molecule has 0 bridgehead atoms. The summed E-state index contributed by atoms with van der Waals surface area (Å²) in [4.78, 5) is 35.6. The maximum absolute atomic E-state index is 11.9. The summed E-state index contributed by atoms with van der Waals surface area (Å²) in [7, 11) is 0. The lowest BCUT2D eigenvalue weighted by Crippen LogP contribution is -2.48. The zero-order chi connectivity index (χ0) is 17.4. The topological polar surface area (TPSA) is 84.5 Å². The molecule has 0 aliphatic heterocycles. The van der Waals surface area contributed by atoms with E-state index in [2.05, 4.69) is 10.6 Å². The molecule has 1 aromatic carbocycles. The van der Waals surface area contributed by atoms with E-state index in [1.54, 1.807) is 0 Å². The van der Waals surface area contributed by atoms with Gasteiger partial charge in [0, 0.05) is 6.04 Å². The van der Waals surface area contributed by atoms with Crippen molar-refractivity contribution in [3.63, 3.8) is 0 Å². The fourth-order valence-corrected chi connectivity index (χ4v) is 2.74. The van der Waals surface area contributed by atoms with Gasteiger partial charge in [-0.05, 0) is 25.3 Å². The van der Waals surface area contributed by atoms with E-state index in [1.807, 2.05) is 30.3 Å². The van der Waals surface area contributed by atoms with Crippen LogP contribution in [0.15, 0.2) is 30.3 Å². The van der Waals surface area contributed by atoms with Gasteiger partial charge in [0.15, 0.2) is 6.10 Å². The van der Waals surface area contributed by atoms with Crippen LogP contribution in [-0.2, 0) is 20.7 Å². The normalized spacial score (nSPS) is 16.0. The van der Waals surface area contributed by atoms with E-state index >= 15 is 0 Å². The van der Waals surface area contributed by atoms with Crippen molar-refractivity contribution in [2.45, 2.75) is 57.6 Å². The number of carbonyl (C=O) groups is 3. The molecule has 1 saturated carbocycles. The molecule has 130 valence electrons. The molecule has 1 aliphatic carbocycles. The van der Waals surface area contributed by atoms with E-state index in [4.69, 9.17) is 4.74 Å². The van der Waals surface area contributed by atoms with Crippen LogP contribution in [0, 0.1) is 0 Å². The minimum absolute atomic E-state index is 0.0900. The van der Waals surface area contributed by atoms with Crippen LogP contribution in [0.4, 0.5) is 4.79 Å². The molecule has 0 unspecified atom stereocenters. The van der Waals surface area contributed by atoms with E-state index < -0.39 is 24.0 Å². The first-order valence-corrected chi connectivity index (χ1v) is 8.39. The largest absolute Gasteiger partial charge is 0.452 e. The molecule has 3 amide bonds. The summed E-state index contributed by atoms with van der Waals surface area (Å²) in [5.41, 5.74) is 0.810. The molecule has 0 heterocycles. The molecule has 0 spiro atoms. The monoisotopic (exact) mass is 332 g/mol. The Morgan fingerprint density at radius 1 is 1.12 bits per heavy atom. The molecular formula is C18H24N2O4. The van der Waals surface area contributed by atoms with E-state index in [0.717, 1.165) is 31.2 Å². The maximum Gasteiger partial charge on any atom is 0.321 e. The molecule has 0 saturated heterocycles.